The van der Waals surface area contributed by atoms with E-state index in [1.165, 1.54) is 7.11 Å². The van der Waals surface area contributed by atoms with Crippen LogP contribution in [-0.4, -0.2) is 36.4 Å². The van der Waals surface area contributed by atoms with Crippen LogP contribution in [0.5, 0.6) is 0 Å². The predicted octanol–water partition coefficient (Wildman–Crippen LogP) is 2.26. The van der Waals surface area contributed by atoms with E-state index in [0.717, 1.165) is 12.8 Å². The molecule has 1 aliphatic carbocycles. The molecule has 0 aromatic heterocycles. The molecule has 106 valence electrons. The molecule has 18 heavy (non-hydrogen) atoms. The summed E-state index contributed by atoms with van der Waals surface area (Å²) in [6, 6.07) is 0.455. The summed E-state index contributed by atoms with van der Waals surface area (Å²) in [7, 11) is 1.43. The number of methoxy groups -OCH3 is 1. The Kier molecular flexibility index (Phi) is 4.78. The van der Waals surface area contributed by atoms with Gasteiger partial charge in [0.05, 0.1) is 18.8 Å². The van der Waals surface area contributed by atoms with Crippen LogP contribution in [0, 0.1) is 0 Å². The summed E-state index contributed by atoms with van der Waals surface area (Å²) in [4.78, 5) is 12.0. The Hall–Kier alpha value is -0.610. The molecule has 4 heteroatoms. The summed E-state index contributed by atoms with van der Waals surface area (Å²) in [5.74, 6) is -0.209. The lowest BCUT2D eigenvalue weighted by atomic mass is 9.94. The average Bonchev–Trinajstić information content (AvgIpc) is 2.96. The maximum absolute atomic E-state index is 12.0. The Labute approximate surface area is 110 Å². The summed E-state index contributed by atoms with van der Waals surface area (Å²) in [5, 5.41) is 3.38. The SMILES string of the molecule is COC(=O)C(C)(CC(C)OC(C)(C)C)NC1CC1. The first-order valence-corrected chi connectivity index (χ1v) is 6.70. The van der Waals surface area contributed by atoms with Gasteiger partial charge in [0.15, 0.2) is 0 Å². The molecule has 0 radical (unpaired) electrons. The van der Waals surface area contributed by atoms with Crippen LogP contribution in [0.4, 0.5) is 0 Å². The van der Waals surface area contributed by atoms with Gasteiger partial charge in [0.2, 0.25) is 0 Å². The minimum atomic E-state index is -0.652. The van der Waals surface area contributed by atoms with Crippen molar-refractivity contribution >= 4 is 5.97 Å². The summed E-state index contributed by atoms with van der Waals surface area (Å²) >= 11 is 0. The van der Waals surface area contributed by atoms with Crippen molar-refractivity contribution in [3.63, 3.8) is 0 Å². The first-order valence-electron chi connectivity index (χ1n) is 6.70. The van der Waals surface area contributed by atoms with Crippen LogP contribution in [0.15, 0.2) is 0 Å². The fourth-order valence-electron chi connectivity index (χ4n) is 2.32. The first kappa shape index (κ1) is 15.4. The number of esters is 1. The summed E-state index contributed by atoms with van der Waals surface area (Å²) in [6.07, 6.45) is 2.90. The second-order valence-electron chi connectivity index (χ2n) is 6.49. The molecular formula is C14H27NO3. The van der Waals surface area contributed by atoms with Crippen molar-refractivity contribution in [2.24, 2.45) is 0 Å². The number of hydrogen-bond donors (Lipinski definition) is 1. The third-order valence-corrected chi connectivity index (χ3v) is 2.99. The zero-order chi connectivity index (χ0) is 14.0. The number of nitrogens with one attached hydrogen (secondary N) is 1. The maximum atomic E-state index is 12.0. The molecule has 0 saturated heterocycles. The Balaban J connectivity index is 2.62. The largest absolute Gasteiger partial charge is 0.468 e. The normalized spacial score (nSPS) is 21.2. The molecule has 2 atom stereocenters. The van der Waals surface area contributed by atoms with Crippen molar-refractivity contribution in [1.29, 1.82) is 0 Å². The maximum Gasteiger partial charge on any atom is 0.325 e. The van der Waals surface area contributed by atoms with E-state index in [1.807, 2.05) is 34.6 Å². The topological polar surface area (TPSA) is 47.6 Å². The number of carbonyl (C=O) groups excluding carboxylic acids is 1. The monoisotopic (exact) mass is 257 g/mol. The molecule has 1 saturated carbocycles. The molecule has 1 rings (SSSR count). The van der Waals surface area contributed by atoms with E-state index in [4.69, 9.17) is 9.47 Å². The number of carbonyl (C=O) groups is 1. The standard InChI is InChI=1S/C14H27NO3/c1-10(18-13(2,3)4)9-14(5,12(16)17-6)15-11-7-8-11/h10-11,15H,7-9H2,1-6H3. The van der Waals surface area contributed by atoms with Crippen molar-refractivity contribution in [2.75, 3.05) is 7.11 Å². The van der Waals surface area contributed by atoms with Crippen molar-refractivity contribution < 1.29 is 14.3 Å². The molecule has 1 N–H and O–H groups in total. The second kappa shape index (κ2) is 5.57. The van der Waals surface area contributed by atoms with E-state index >= 15 is 0 Å². The van der Waals surface area contributed by atoms with Crippen molar-refractivity contribution in [3.05, 3.63) is 0 Å². The number of hydrogen-bond acceptors (Lipinski definition) is 4. The Morgan fingerprint density at radius 3 is 2.28 bits per heavy atom. The van der Waals surface area contributed by atoms with E-state index in [0.29, 0.717) is 12.5 Å². The molecule has 0 amide bonds. The molecule has 0 aromatic carbocycles. The molecular weight excluding hydrogens is 230 g/mol. The number of ether oxygens (including phenoxy) is 2. The number of rotatable bonds is 6. The molecule has 0 bridgehead atoms. The zero-order valence-electron chi connectivity index (χ0n) is 12.5. The van der Waals surface area contributed by atoms with Gasteiger partial charge in [-0.25, -0.2) is 0 Å². The van der Waals surface area contributed by atoms with Gasteiger partial charge < -0.3 is 9.47 Å². The zero-order valence-corrected chi connectivity index (χ0v) is 12.5. The van der Waals surface area contributed by atoms with Gasteiger partial charge in [-0.2, -0.15) is 0 Å². The Morgan fingerprint density at radius 1 is 1.33 bits per heavy atom. The van der Waals surface area contributed by atoms with Crippen LogP contribution in [0.1, 0.15) is 53.9 Å². The third-order valence-electron chi connectivity index (χ3n) is 2.99. The van der Waals surface area contributed by atoms with E-state index < -0.39 is 5.54 Å². The molecule has 0 aromatic rings. The molecule has 1 aliphatic rings. The quantitative estimate of drug-likeness (QED) is 0.742. The summed E-state index contributed by atoms with van der Waals surface area (Å²) in [6.45, 7) is 9.97. The van der Waals surface area contributed by atoms with E-state index in [2.05, 4.69) is 5.32 Å². The highest BCUT2D eigenvalue weighted by molar-refractivity contribution is 5.80. The Bertz CT molecular complexity index is 294. The van der Waals surface area contributed by atoms with Crippen molar-refractivity contribution in [3.8, 4) is 0 Å². The van der Waals surface area contributed by atoms with Crippen molar-refractivity contribution in [2.45, 2.75) is 77.2 Å². The molecule has 0 heterocycles. The van der Waals surface area contributed by atoms with Crippen molar-refractivity contribution in [1.82, 2.24) is 5.32 Å². The fourth-order valence-corrected chi connectivity index (χ4v) is 2.32. The Morgan fingerprint density at radius 2 is 1.89 bits per heavy atom. The summed E-state index contributed by atoms with van der Waals surface area (Å²) < 4.78 is 10.8. The van der Waals surface area contributed by atoms with Crippen LogP contribution in [-0.2, 0) is 14.3 Å². The van der Waals surface area contributed by atoms with Crippen LogP contribution in [0.3, 0.4) is 0 Å². The average molecular weight is 257 g/mol. The molecule has 0 spiro atoms. The van der Waals surface area contributed by atoms with Gasteiger partial charge in [0.25, 0.3) is 0 Å². The van der Waals surface area contributed by atoms with Crippen LogP contribution in [0.25, 0.3) is 0 Å². The molecule has 2 unspecified atom stereocenters. The van der Waals surface area contributed by atoms with Gasteiger partial charge >= 0.3 is 5.97 Å². The molecule has 1 fully saturated rings. The lowest BCUT2D eigenvalue weighted by Crippen LogP contribution is -2.53. The minimum Gasteiger partial charge on any atom is -0.468 e. The lowest BCUT2D eigenvalue weighted by molar-refractivity contribution is -0.151. The smallest absolute Gasteiger partial charge is 0.325 e. The van der Waals surface area contributed by atoms with E-state index in [-0.39, 0.29) is 17.7 Å². The predicted molar refractivity (Wildman–Crippen MR) is 71.5 cm³/mol. The van der Waals surface area contributed by atoms with Crippen LogP contribution >= 0.6 is 0 Å². The minimum absolute atomic E-state index is 0.000324. The van der Waals surface area contributed by atoms with Gasteiger partial charge in [-0.1, -0.05) is 0 Å². The van der Waals surface area contributed by atoms with Crippen LogP contribution < -0.4 is 5.32 Å². The highest BCUT2D eigenvalue weighted by atomic mass is 16.5. The van der Waals surface area contributed by atoms with Gasteiger partial charge in [-0.05, 0) is 47.5 Å². The third kappa shape index (κ3) is 4.94. The van der Waals surface area contributed by atoms with E-state index in [9.17, 15) is 4.79 Å². The van der Waals surface area contributed by atoms with Gasteiger partial charge in [0, 0.05) is 12.5 Å². The molecule has 0 aliphatic heterocycles. The van der Waals surface area contributed by atoms with E-state index in [1.54, 1.807) is 0 Å². The van der Waals surface area contributed by atoms with Gasteiger partial charge in [0.1, 0.15) is 5.54 Å². The van der Waals surface area contributed by atoms with Gasteiger partial charge in [-0.3, -0.25) is 10.1 Å². The lowest BCUT2D eigenvalue weighted by Gasteiger charge is -2.33. The second-order valence-corrected chi connectivity index (χ2v) is 6.49. The summed E-state index contributed by atoms with van der Waals surface area (Å²) in [5.41, 5.74) is -0.851. The first-order chi connectivity index (χ1) is 8.16. The van der Waals surface area contributed by atoms with Crippen LogP contribution in [0.2, 0.25) is 0 Å². The highest BCUT2D eigenvalue weighted by Crippen LogP contribution is 2.27. The fraction of sp³-hybridized carbons (Fsp3) is 0.929. The highest BCUT2D eigenvalue weighted by Gasteiger charge is 2.41. The molecule has 4 nitrogen and oxygen atoms in total. The van der Waals surface area contributed by atoms with Gasteiger partial charge in [-0.15, -0.1) is 0 Å².